The van der Waals surface area contributed by atoms with Crippen molar-refractivity contribution in [1.82, 2.24) is 4.57 Å². The summed E-state index contributed by atoms with van der Waals surface area (Å²) in [5.41, 5.74) is 0.852. The molecule has 0 spiro atoms. The van der Waals surface area contributed by atoms with E-state index in [0.29, 0.717) is 42.8 Å². The van der Waals surface area contributed by atoms with E-state index in [1.807, 2.05) is 0 Å². The van der Waals surface area contributed by atoms with E-state index in [1.165, 1.54) is 0 Å². The number of Topliss-reactive ketones (excluding diaryl/α,β-unsaturated/α-hetero) is 1. The van der Waals surface area contributed by atoms with E-state index in [2.05, 4.69) is 0 Å². The Hall–Kier alpha value is -1.82. The van der Waals surface area contributed by atoms with Gasteiger partial charge in [-0.1, -0.05) is 18.2 Å². The van der Waals surface area contributed by atoms with Gasteiger partial charge in [0.2, 0.25) is 0 Å². The van der Waals surface area contributed by atoms with Crippen LogP contribution in [0, 0.1) is 0 Å². The molecule has 0 atom stereocenters. The molecular weight excluding hydrogens is 271 g/mol. The fourth-order valence-corrected chi connectivity index (χ4v) is 2.69. The molecule has 1 aliphatic heterocycles. The Kier molecular flexibility index (Phi) is 3.05. The highest BCUT2D eigenvalue weighted by Crippen LogP contribution is 2.33. The smallest absolute Gasteiger partial charge is 0.379 e. The lowest BCUT2D eigenvalue weighted by Gasteiger charge is -2.08. The van der Waals surface area contributed by atoms with Crippen molar-refractivity contribution < 1.29 is 22.7 Å². The van der Waals surface area contributed by atoms with E-state index in [-0.39, 0.29) is 5.56 Å². The Morgan fingerprint density at radius 2 is 1.95 bits per heavy atom. The van der Waals surface area contributed by atoms with Crippen molar-refractivity contribution in [2.45, 2.75) is 19.1 Å². The number of ether oxygens (including phenoxy) is 1. The molecule has 1 aliphatic rings. The Balaban J connectivity index is 2.30. The quantitative estimate of drug-likeness (QED) is 0.753. The van der Waals surface area contributed by atoms with Crippen LogP contribution in [0.5, 0.6) is 0 Å². The maximum Gasteiger partial charge on any atom is 0.454 e. The number of fused-ring (bicyclic) bond motifs is 3. The molecule has 1 aromatic carbocycles. The maximum atomic E-state index is 12.8. The van der Waals surface area contributed by atoms with Crippen molar-refractivity contribution in [1.29, 1.82) is 0 Å². The molecule has 1 aromatic heterocycles. The first kappa shape index (κ1) is 13.2. The van der Waals surface area contributed by atoms with Crippen molar-refractivity contribution in [3.63, 3.8) is 0 Å². The number of para-hydroxylation sites is 1. The van der Waals surface area contributed by atoms with Crippen LogP contribution in [0.2, 0.25) is 0 Å². The van der Waals surface area contributed by atoms with Gasteiger partial charge in [0.15, 0.2) is 0 Å². The number of rotatable bonds is 1. The third kappa shape index (κ3) is 2.00. The van der Waals surface area contributed by atoms with Crippen molar-refractivity contribution in [2.75, 3.05) is 13.2 Å². The van der Waals surface area contributed by atoms with E-state index in [1.54, 1.807) is 28.8 Å². The minimum atomic E-state index is -4.86. The molecule has 106 valence electrons. The molecule has 0 radical (unpaired) electrons. The number of carbonyl (C=O) groups excluding carboxylic acids is 1. The van der Waals surface area contributed by atoms with Crippen LogP contribution in [0.3, 0.4) is 0 Å². The van der Waals surface area contributed by atoms with Gasteiger partial charge in [-0.15, -0.1) is 0 Å². The second kappa shape index (κ2) is 4.63. The van der Waals surface area contributed by atoms with Crippen LogP contribution in [0.25, 0.3) is 10.9 Å². The Morgan fingerprint density at radius 3 is 2.70 bits per heavy atom. The standard InChI is InChI=1S/C14H12F3NO2/c15-14(16,17)13(19)12-9-3-1-2-4-10(9)18-6-8-20-7-5-11(12)18/h1-4H,5-8H2. The van der Waals surface area contributed by atoms with E-state index >= 15 is 0 Å². The summed E-state index contributed by atoms with van der Waals surface area (Å²) in [5.74, 6) is -1.77. The Morgan fingerprint density at radius 1 is 1.20 bits per heavy atom. The third-order valence-corrected chi connectivity index (χ3v) is 3.51. The highest BCUT2D eigenvalue weighted by atomic mass is 19.4. The molecule has 20 heavy (non-hydrogen) atoms. The first-order chi connectivity index (χ1) is 9.50. The molecule has 6 heteroatoms. The summed E-state index contributed by atoms with van der Waals surface area (Å²) >= 11 is 0. The molecule has 0 aliphatic carbocycles. The van der Waals surface area contributed by atoms with Crippen LogP contribution >= 0.6 is 0 Å². The zero-order valence-corrected chi connectivity index (χ0v) is 10.5. The first-order valence-electron chi connectivity index (χ1n) is 6.29. The van der Waals surface area contributed by atoms with Crippen molar-refractivity contribution >= 4 is 16.7 Å². The molecule has 2 heterocycles. The second-order valence-corrected chi connectivity index (χ2v) is 4.68. The number of benzene rings is 1. The molecular formula is C14H12F3NO2. The number of hydrogen-bond acceptors (Lipinski definition) is 2. The number of carbonyl (C=O) groups is 1. The van der Waals surface area contributed by atoms with Crippen LogP contribution in [-0.2, 0) is 17.7 Å². The molecule has 0 unspecified atom stereocenters. The molecule has 0 fully saturated rings. The summed E-state index contributed by atoms with van der Waals surface area (Å²) < 4.78 is 45.5. The second-order valence-electron chi connectivity index (χ2n) is 4.68. The van der Waals surface area contributed by atoms with Crippen molar-refractivity contribution in [2.24, 2.45) is 0 Å². The predicted octanol–water partition coefficient (Wildman–Crippen LogP) is 2.96. The molecule has 0 bridgehead atoms. The lowest BCUT2D eigenvalue weighted by atomic mass is 10.0. The molecule has 0 saturated carbocycles. The molecule has 3 nitrogen and oxygen atoms in total. The first-order valence-corrected chi connectivity index (χ1v) is 6.29. The van der Waals surface area contributed by atoms with Gasteiger partial charge in [0.05, 0.1) is 18.8 Å². The van der Waals surface area contributed by atoms with E-state index in [9.17, 15) is 18.0 Å². The Labute approximate surface area is 112 Å². The number of ketones is 1. The van der Waals surface area contributed by atoms with Gasteiger partial charge in [-0.3, -0.25) is 4.79 Å². The zero-order valence-electron chi connectivity index (χ0n) is 10.5. The van der Waals surface area contributed by atoms with Crippen LogP contribution in [0.1, 0.15) is 16.1 Å². The topological polar surface area (TPSA) is 31.2 Å². The van der Waals surface area contributed by atoms with Crippen molar-refractivity contribution in [3.05, 3.63) is 35.5 Å². The van der Waals surface area contributed by atoms with Crippen LogP contribution in [-0.4, -0.2) is 29.7 Å². The summed E-state index contributed by atoms with van der Waals surface area (Å²) in [7, 11) is 0. The normalized spacial score (nSPS) is 15.9. The summed E-state index contributed by atoms with van der Waals surface area (Å²) in [6.45, 7) is 1.22. The van der Waals surface area contributed by atoms with Crippen molar-refractivity contribution in [3.8, 4) is 0 Å². The van der Waals surface area contributed by atoms with Crippen LogP contribution < -0.4 is 0 Å². The highest BCUT2D eigenvalue weighted by molar-refractivity contribution is 6.12. The van der Waals surface area contributed by atoms with Crippen LogP contribution in [0.4, 0.5) is 13.2 Å². The minimum absolute atomic E-state index is 0.224. The predicted molar refractivity (Wildman–Crippen MR) is 66.8 cm³/mol. The van der Waals surface area contributed by atoms with Gasteiger partial charge in [0.25, 0.3) is 5.78 Å². The Bertz CT molecular complexity index is 673. The monoisotopic (exact) mass is 283 g/mol. The maximum absolute atomic E-state index is 12.8. The lowest BCUT2D eigenvalue weighted by Crippen LogP contribution is -2.24. The fourth-order valence-electron chi connectivity index (χ4n) is 2.69. The number of aromatic nitrogens is 1. The van der Waals surface area contributed by atoms with E-state index < -0.39 is 12.0 Å². The van der Waals surface area contributed by atoms with Crippen LogP contribution in [0.15, 0.2) is 24.3 Å². The summed E-state index contributed by atoms with van der Waals surface area (Å²) in [6.07, 6.45) is -4.55. The summed E-state index contributed by atoms with van der Waals surface area (Å²) in [4.78, 5) is 11.7. The van der Waals surface area contributed by atoms with Gasteiger partial charge in [0.1, 0.15) is 0 Å². The molecule has 3 rings (SSSR count). The zero-order chi connectivity index (χ0) is 14.3. The average Bonchev–Trinajstić information content (AvgIpc) is 2.56. The molecule has 0 N–H and O–H groups in total. The van der Waals surface area contributed by atoms with Gasteiger partial charge < -0.3 is 9.30 Å². The number of hydrogen-bond donors (Lipinski definition) is 0. The van der Waals surface area contributed by atoms with E-state index in [0.717, 1.165) is 0 Å². The number of nitrogens with zero attached hydrogens (tertiary/aromatic N) is 1. The van der Waals surface area contributed by atoms with Gasteiger partial charge >= 0.3 is 6.18 Å². The third-order valence-electron chi connectivity index (χ3n) is 3.51. The lowest BCUT2D eigenvalue weighted by molar-refractivity contribution is -0.0884. The van der Waals surface area contributed by atoms with Gasteiger partial charge in [-0.25, -0.2) is 0 Å². The van der Waals surface area contributed by atoms with Gasteiger partial charge in [-0.2, -0.15) is 13.2 Å². The van der Waals surface area contributed by atoms with Gasteiger partial charge in [0, 0.05) is 29.6 Å². The number of halogens is 3. The average molecular weight is 283 g/mol. The van der Waals surface area contributed by atoms with Gasteiger partial charge in [-0.05, 0) is 6.07 Å². The largest absolute Gasteiger partial charge is 0.454 e. The summed E-state index contributed by atoms with van der Waals surface area (Å²) in [5, 5.41) is 0.367. The minimum Gasteiger partial charge on any atom is -0.379 e. The molecule has 2 aromatic rings. The number of alkyl halides is 3. The SMILES string of the molecule is O=C(c1c2n(c3ccccc13)CCOCC2)C(F)(F)F. The summed E-state index contributed by atoms with van der Waals surface area (Å²) in [6, 6.07) is 6.70. The van der Waals surface area contributed by atoms with E-state index in [4.69, 9.17) is 4.74 Å². The molecule has 0 amide bonds. The highest BCUT2D eigenvalue weighted by Gasteiger charge is 2.42. The fraction of sp³-hybridized carbons (Fsp3) is 0.357. The molecule has 0 saturated heterocycles.